The number of hydrogen-bond donors (Lipinski definition) is 3. The molecule has 0 aromatic heterocycles. The van der Waals surface area contributed by atoms with Crippen LogP contribution in [0.2, 0.25) is 0 Å². The van der Waals surface area contributed by atoms with Crippen molar-refractivity contribution in [1.82, 2.24) is 4.72 Å². The lowest BCUT2D eigenvalue weighted by Gasteiger charge is -2.20. The number of benzene rings is 2. The van der Waals surface area contributed by atoms with Crippen molar-refractivity contribution >= 4 is 27.3 Å². The van der Waals surface area contributed by atoms with E-state index in [1.54, 1.807) is 32.9 Å². The first-order valence-electron chi connectivity index (χ1n) is 7.88. The van der Waals surface area contributed by atoms with E-state index >= 15 is 0 Å². The van der Waals surface area contributed by atoms with Gasteiger partial charge in [-0.15, -0.1) is 0 Å². The molecule has 0 aliphatic heterocycles. The molecule has 6 nitrogen and oxygen atoms in total. The van der Waals surface area contributed by atoms with Gasteiger partial charge in [0.25, 0.3) is 0 Å². The Morgan fingerprint density at radius 1 is 0.960 bits per heavy atom. The van der Waals surface area contributed by atoms with Gasteiger partial charge in [-0.05, 0) is 51.1 Å². The van der Waals surface area contributed by atoms with Crippen LogP contribution in [0.25, 0.3) is 0 Å². The number of carbonyl (C=O) groups excluding carboxylic acids is 1. The summed E-state index contributed by atoms with van der Waals surface area (Å²) in [5.41, 5.74) is 0.678. The highest BCUT2D eigenvalue weighted by Gasteiger charge is 2.22. The lowest BCUT2D eigenvalue weighted by atomic mass is 10.1. The highest BCUT2D eigenvalue weighted by molar-refractivity contribution is 7.89. The van der Waals surface area contributed by atoms with Crippen molar-refractivity contribution in [3.8, 4) is 0 Å². The van der Waals surface area contributed by atoms with Crippen LogP contribution in [0.4, 0.5) is 11.4 Å². The molecule has 3 N–H and O–H groups in total. The smallest absolute Gasteiger partial charge is 0.243 e. The van der Waals surface area contributed by atoms with Gasteiger partial charge in [-0.1, -0.05) is 24.3 Å². The molecule has 0 saturated carbocycles. The third-order valence-electron chi connectivity index (χ3n) is 3.10. The molecule has 25 heavy (non-hydrogen) atoms. The van der Waals surface area contributed by atoms with Crippen LogP contribution in [-0.2, 0) is 14.8 Å². The van der Waals surface area contributed by atoms with E-state index in [1.807, 2.05) is 30.3 Å². The number of anilines is 2. The molecule has 0 saturated heterocycles. The van der Waals surface area contributed by atoms with Crippen LogP contribution in [0.5, 0.6) is 0 Å². The Balaban J connectivity index is 2.02. The van der Waals surface area contributed by atoms with E-state index < -0.39 is 15.6 Å². The summed E-state index contributed by atoms with van der Waals surface area (Å²) >= 11 is 0. The first-order valence-corrected chi connectivity index (χ1v) is 9.37. The van der Waals surface area contributed by atoms with Crippen molar-refractivity contribution in [3.63, 3.8) is 0 Å². The van der Waals surface area contributed by atoms with E-state index in [1.165, 1.54) is 12.1 Å². The molecule has 2 aromatic rings. The van der Waals surface area contributed by atoms with Gasteiger partial charge in [0.05, 0.1) is 11.4 Å². The van der Waals surface area contributed by atoms with Crippen LogP contribution >= 0.6 is 0 Å². The normalized spacial score (nSPS) is 11.8. The maximum atomic E-state index is 12.4. The molecule has 134 valence electrons. The van der Waals surface area contributed by atoms with Crippen LogP contribution in [-0.4, -0.2) is 26.4 Å². The molecule has 7 heteroatoms. The number of rotatable bonds is 6. The van der Waals surface area contributed by atoms with Crippen LogP contribution in [0.1, 0.15) is 20.8 Å². The minimum absolute atomic E-state index is 0.0846. The highest BCUT2D eigenvalue weighted by atomic mass is 32.2. The molecule has 0 aliphatic carbocycles. The zero-order valence-corrected chi connectivity index (χ0v) is 15.4. The largest absolute Gasteiger partial charge is 0.376 e. The second kappa shape index (κ2) is 7.67. The van der Waals surface area contributed by atoms with Crippen LogP contribution < -0.4 is 15.4 Å². The molecular weight excluding hydrogens is 338 g/mol. The number of carbonyl (C=O) groups is 1. The van der Waals surface area contributed by atoms with Gasteiger partial charge >= 0.3 is 0 Å². The summed E-state index contributed by atoms with van der Waals surface area (Å²) in [6.07, 6.45) is 0. The number of nitrogens with one attached hydrogen (secondary N) is 3. The molecule has 0 atom stereocenters. The van der Waals surface area contributed by atoms with Crippen LogP contribution in [0, 0.1) is 0 Å². The van der Waals surface area contributed by atoms with Crippen molar-refractivity contribution in [2.75, 3.05) is 17.2 Å². The van der Waals surface area contributed by atoms with Crippen LogP contribution in [0.15, 0.2) is 59.5 Å². The van der Waals surface area contributed by atoms with Gasteiger partial charge in [0, 0.05) is 16.9 Å². The number of para-hydroxylation sites is 1. The summed E-state index contributed by atoms with van der Waals surface area (Å²) < 4.78 is 27.3. The Kier molecular flexibility index (Phi) is 5.81. The number of hydrogen-bond acceptors (Lipinski definition) is 4. The standard InChI is InChI=1S/C18H23N3O3S/c1-18(2,3)21-25(23,24)16-11-7-10-15(12-16)20-17(22)13-19-14-8-5-4-6-9-14/h4-12,19,21H,13H2,1-3H3,(H,20,22). The van der Waals surface area contributed by atoms with Gasteiger partial charge in [-0.25, -0.2) is 13.1 Å². The zero-order valence-electron chi connectivity index (χ0n) is 14.5. The van der Waals surface area contributed by atoms with Gasteiger partial charge in [0.2, 0.25) is 15.9 Å². The Labute approximate surface area is 148 Å². The first-order chi connectivity index (χ1) is 11.7. The summed E-state index contributed by atoms with van der Waals surface area (Å²) in [7, 11) is -3.65. The quantitative estimate of drug-likeness (QED) is 0.738. The van der Waals surface area contributed by atoms with Crippen molar-refractivity contribution < 1.29 is 13.2 Å². The average Bonchev–Trinajstić information content (AvgIpc) is 2.52. The van der Waals surface area contributed by atoms with E-state index in [2.05, 4.69) is 15.4 Å². The Morgan fingerprint density at radius 2 is 1.60 bits per heavy atom. The van der Waals surface area contributed by atoms with Gasteiger partial charge in [0.1, 0.15) is 0 Å². The van der Waals surface area contributed by atoms with Gasteiger partial charge in [0.15, 0.2) is 0 Å². The van der Waals surface area contributed by atoms with E-state index in [9.17, 15) is 13.2 Å². The molecule has 1 amide bonds. The van der Waals surface area contributed by atoms with Crippen molar-refractivity contribution in [2.45, 2.75) is 31.2 Å². The number of sulfonamides is 1. The molecule has 0 heterocycles. The summed E-state index contributed by atoms with van der Waals surface area (Å²) in [6, 6.07) is 15.5. The van der Waals surface area contributed by atoms with Crippen molar-refractivity contribution in [2.24, 2.45) is 0 Å². The Bertz CT molecular complexity index is 828. The van der Waals surface area contributed by atoms with E-state index in [4.69, 9.17) is 0 Å². The summed E-state index contributed by atoms with van der Waals surface area (Å²) in [6.45, 7) is 5.39. The fourth-order valence-corrected chi connectivity index (χ4v) is 3.61. The maximum Gasteiger partial charge on any atom is 0.243 e. The monoisotopic (exact) mass is 361 g/mol. The second-order valence-corrected chi connectivity index (χ2v) is 8.33. The molecular formula is C18H23N3O3S. The van der Waals surface area contributed by atoms with Gasteiger partial charge < -0.3 is 10.6 Å². The van der Waals surface area contributed by atoms with Crippen LogP contribution in [0.3, 0.4) is 0 Å². The SMILES string of the molecule is CC(C)(C)NS(=O)(=O)c1cccc(NC(=O)CNc2ccccc2)c1. The first kappa shape index (κ1) is 19.0. The molecule has 0 aliphatic rings. The predicted molar refractivity (Wildman–Crippen MR) is 100 cm³/mol. The molecule has 2 aromatic carbocycles. The van der Waals surface area contributed by atoms with Gasteiger partial charge in [-0.3, -0.25) is 4.79 Å². The minimum Gasteiger partial charge on any atom is -0.376 e. The van der Waals surface area contributed by atoms with Crippen molar-refractivity contribution in [1.29, 1.82) is 0 Å². The zero-order chi connectivity index (χ0) is 18.5. The summed E-state index contributed by atoms with van der Waals surface area (Å²) in [5.74, 6) is -0.262. The third-order valence-corrected chi connectivity index (χ3v) is 4.85. The molecule has 0 radical (unpaired) electrons. The minimum atomic E-state index is -3.65. The summed E-state index contributed by atoms with van der Waals surface area (Å²) in [4.78, 5) is 12.1. The molecule has 0 unspecified atom stereocenters. The third kappa shape index (κ3) is 6.21. The topological polar surface area (TPSA) is 87.3 Å². The molecule has 0 spiro atoms. The lowest BCUT2D eigenvalue weighted by Crippen LogP contribution is -2.40. The second-order valence-electron chi connectivity index (χ2n) is 6.65. The van der Waals surface area contributed by atoms with Crippen molar-refractivity contribution in [3.05, 3.63) is 54.6 Å². The number of amides is 1. The Morgan fingerprint density at radius 3 is 2.24 bits per heavy atom. The maximum absolute atomic E-state index is 12.4. The Hall–Kier alpha value is -2.38. The molecule has 2 rings (SSSR count). The lowest BCUT2D eigenvalue weighted by molar-refractivity contribution is -0.114. The summed E-state index contributed by atoms with van der Waals surface area (Å²) in [5, 5.41) is 5.69. The van der Waals surface area contributed by atoms with E-state index in [0.717, 1.165) is 5.69 Å². The van der Waals surface area contributed by atoms with E-state index in [0.29, 0.717) is 5.69 Å². The molecule has 0 bridgehead atoms. The molecule has 0 fully saturated rings. The average molecular weight is 361 g/mol. The van der Waals surface area contributed by atoms with Gasteiger partial charge in [-0.2, -0.15) is 0 Å². The van der Waals surface area contributed by atoms with E-state index in [-0.39, 0.29) is 17.3 Å². The fraction of sp³-hybridized carbons (Fsp3) is 0.278. The fourth-order valence-electron chi connectivity index (χ4n) is 2.15. The predicted octanol–water partition coefficient (Wildman–Crippen LogP) is 2.81. The highest BCUT2D eigenvalue weighted by Crippen LogP contribution is 2.17.